The maximum Gasteiger partial charge on any atom is 0.307 e. The van der Waals surface area contributed by atoms with Crippen LogP contribution in [-0.2, 0) is 24.3 Å². The lowest BCUT2D eigenvalue weighted by atomic mass is 10.1. The van der Waals surface area contributed by atoms with Gasteiger partial charge < -0.3 is 9.64 Å². The smallest absolute Gasteiger partial charge is 0.307 e. The second-order valence-electron chi connectivity index (χ2n) is 7.75. The predicted molar refractivity (Wildman–Crippen MR) is 117 cm³/mol. The van der Waals surface area contributed by atoms with Gasteiger partial charge in [0.15, 0.2) is 0 Å². The molecule has 1 N–H and O–H groups in total. The number of esters is 1. The van der Waals surface area contributed by atoms with Crippen LogP contribution in [0.2, 0.25) is 0 Å². The van der Waals surface area contributed by atoms with Gasteiger partial charge in [-0.25, -0.2) is 13.1 Å². The van der Waals surface area contributed by atoms with Crippen LogP contribution in [0.3, 0.4) is 0 Å². The van der Waals surface area contributed by atoms with Crippen LogP contribution in [0.25, 0.3) is 11.1 Å². The van der Waals surface area contributed by atoms with Crippen LogP contribution in [0.4, 0.5) is 5.69 Å². The van der Waals surface area contributed by atoms with E-state index in [0.717, 1.165) is 0 Å². The molecule has 7 nitrogen and oxygen atoms in total. The highest BCUT2D eigenvalue weighted by Gasteiger charge is 2.24. The van der Waals surface area contributed by atoms with Crippen molar-refractivity contribution < 1.29 is 22.7 Å². The lowest BCUT2D eigenvalue weighted by molar-refractivity contribution is -0.142. The summed E-state index contributed by atoms with van der Waals surface area (Å²) >= 11 is 0. The fourth-order valence-electron chi connectivity index (χ4n) is 2.92. The maximum absolute atomic E-state index is 12.9. The van der Waals surface area contributed by atoms with Gasteiger partial charge in [0.1, 0.15) is 0 Å². The number of amides is 1. The van der Waals surface area contributed by atoms with Gasteiger partial charge in [-0.3, -0.25) is 9.59 Å². The van der Waals surface area contributed by atoms with Crippen molar-refractivity contribution in [2.75, 3.05) is 18.1 Å². The molecule has 0 aliphatic heterocycles. The molecule has 8 heteroatoms. The summed E-state index contributed by atoms with van der Waals surface area (Å²) in [5.74, 6) is -0.369. The summed E-state index contributed by atoms with van der Waals surface area (Å²) in [5.41, 5.74) is 1.25. The molecule has 0 spiro atoms. The van der Waals surface area contributed by atoms with E-state index in [-0.39, 0.29) is 23.8 Å². The number of hydrogen-bond donors (Lipinski definition) is 1. The first kappa shape index (κ1) is 23.6. The van der Waals surface area contributed by atoms with Gasteiger partial charge >= 0.3 is 5.97 Å². The molecule has 0 radical (unpaired) electrons. The Balaban J connectivity index is 2.29. The first-order chi connectivity index (χ1) is 14.1. The van der Waals surface area contributed by atoms with E-state index in [9.17, 15) is 18.0 Å². The van der Waals surface area contributed by atoms with Crippen molar-refractivity contribution in [2.24, 2.45) is 0 Å². The first-order valence-corrected chi connectivity index (χ1v) is 11.2. The number of hydrogen-bond acceptors (Lipinski definition) is 5. The highest BCUT2D eigenvalue weighted by Crippen LogP contribution is 2.29. The van der Waals surface area contributed by atoms with E-state index in [1.54, 1.807) is 76.2 Å². The Bertz CT molecular complexity index is 979. The molecular formula is C22H28N2O5S. The molecule has 0 aromatic heterocycles. The second kappa shape index (κ2) is 9.86. The van der Waals surface area contributed by atoms with Crippen molar-refractivity contribution in [3.05, 3.63) is 48.5 Å². The minimum absolute atomic E-state index is 0.0912. The number of ether oxygens (including phenoxy) is 1. The SMILES string of the molecule is CCOC(=O)CCN(C=O)c1ccc(-c2ccccc2S(=O)(=O)NC(C)(C)C)cc1. The minimum atomic E-state index is -3.72. The normalized spacial score (nSPS) is 11.7. The Labute approximate surface area is 178 Å². The molecule has 2 aromatic rings. The molecule has 0 heterocycles. The number of sulfonamides is 1. The van der Waals surface area contributed by atoms with Crippen molar-refractivity contribution in [2.45, 2.75) is 44.6 Å². The molecule has 1 amide bonds. The summed E-state index contributed by atoms with van der Waals surface area (Å²) in [6.07, 6.45) is 0.744. The zero-order valence-corrected chi connectivity index (χ0v) is 18.5. The average molecular weight is 433 g/mol. The highest BCUT2D eigenvalue weighted by molar-refractivity contribution is 7.89. The van der Waals surface area contributed by atoms with Crippen LogP contribution < -0.4 is 9.62 Å². The number of rotatable bonds is 9. The summed E-state index contributed by atoms with van der Waals surface area (Å²) in [5, 5.41) is 0. The Morgan fingerprint density at radius 3 is 2.30 bits per heavy atom. The third-order valence-corrected chi connectivity index (χ3v) is 5.93. The summed E-state index contributed by atoms with van der Waals surface area (Å²) < 4.78 is 33.3. The van der Waals surface area contributed by atoms with Crippen LogP contribution in [0.1, 0.15) is 34.1 Å². The Morgan fingerprint density at radius 1 is 1.10 bits per heavy atom. The number of anilines is 1. The third kappa shape index (κ3) is 6.40. The summed E-state index contributed by atoms with van der Waals surface area (Å²) in [4.78, 5) is 24.6. The Kier molecular flexibility index (Phi) is 7.75. The van der Waals surface area contributed by atoms with E-state index in [0.29, 0.717) is 29.8 Å². The van der Waals surface area contributed by atoms with E-state index in [2.05, 4.69) is 4.72 Å². The second-order valence-corrected chi connectivity index (χ2v) is 9.40. The van der Waals surface area contributed by atoms with E-state index < -0.39 is 15.6 Å². The summed E-state index contributed by atoms with van der Waals surface area (Å²) in [6, 6.07) is 13.7. The zero-order chi connectivity index (χ0) is 22.4. The van der Waals surface area contributed by atoms with Gasteiger partial charge in [0, 0.05) is 23.3 Å². The van der Waals surface area contributed by atoms with Gasteiger partial charge in [-0.15, -0.1) is 0 Å². The molecule has 0 aliphatic rings. The van der Waals surface area contributed by atoms with Crippen LogP contribution in [-0.4, -0.2) is 39.5 Å². The van der Waals surface area contributed by atoms with Gasteiger partial charge in [-0.1, -0.05) is 30.3 Å². The topological polar surface area (TPSA) is 92.8 Å². The van der Waals surface area contributed by atoms with Gasteiger partial charge in [0.05, 0.1) is 17.9 Å². The van der Waals surface area contributed by atoms with E-state index >= 15 is 0 Å². The molecule has 162 valence electrons. The fourth-order valence-corrected chi connectivity index (χ4v) is 4.57. The van der Waals surface area contributed by atoms with Gasteiger partial charge in [0.25, 0.3) is 0 Å². The Morgan fingerprint density at radius 2 is 1.73 bits per heavy atom. The lowest BCUT2D eigenvalue weighted by Gasteiger charge is -2.22. The van der Waals surface area contributed by atoms with Crippen LogP contribution in [0, 0.1) is 0 Å². The number of nitrogens with one attached hydrogen (secondary N) is 1. The molecule has 0 fully saturated rings. The molecule has 0 saturated heterocycles. The molecule has 0 saturated carbocycles. The minimum Gasteiger partial charge on any atom is -0.466 e. The largest absolute Gasteiger partial charge is 0.466 e. The van der Waals surface area contributed by atoms with Gasteiger partial charge in [-0.2, -0.15) is 0 Å². The Hall–Kier alpha value is -2.71. The molecule has 2 aromatic carbocycles. The predicted octanol–water partition coefficient (Wildman–Crippen LogP) is 3.35. The molecule has 30 heavy (non-hydrogen) atoms. The quantitative estimate of drug-likeness (QED) is 0.485. The van der Waals surface area contributed by atoms with Crippen LogP contribution in [0.5, 0.6) is 0 Å². The van der Waals surface area contributed by atoms with Gasteiger partial charge in [0.2, 0.25) is 16.4 Å². The van der Waals surface area contributed by atoms with Crippen LogP contribution in [0.15, 0.2) is 53.4 Å². The third-order valence-electron chi connectivity index (χ3n) is 4.12. The van der Waals surface area contributed by atoms with Crippen molar-refractivity contribution in [3.63, 3.8) is 0 Å². The summed E-state index contributed by atoms with van der Waals surface area (Å²) in [6.45, 7) is 7.57. The molecule has 2 rings (SSSR count). The van der Waals surface area contributed by atoms with E-state index in [1.807, 2.05) is 0 Å². The summed E-state index contributed by atoms with van der Waals surface area (Å²) in [7, 11) is -3.72. The van der Waals surface area contributed by atoms with E-state index in [1.165, 1.54) is 4.90 Å². The van der Waals surface area contributed by atoms with Crippen LogP contribution >= 0.6 is 0 Å². The monoisotopic (exact) mass is 432 g/mol. The molecule has 0 bridgehead atoms. The average Bonchev–Trinajstić information content (AvgIpc) is 2.67. The number of carbonyl (C=O) groups is 2. The fraction of sp³-hybridized carbons (Fsp3) is 0.364. The number of carbonyl (C=O) groups excluding carboxylic acids is 2. The first-order valence-electron chi connectivity index (χ1n) is 9.68. The van der Waals surface area contributed by atoms with Crippen molar-refractivity contribution >= 4 is 28.1 Å². The number of nitrogens with zero attached hydrogens (tertiary/aromatic N) is 1. The maximum atomic E-state index is 12.9. The van der Waals surface area contributed by atoms with E-state index in [4.69, 9.17) is 4.74 Å². The molecular weight excluding hydrogens is 404 g/mol. The molecule has 0 unspecified atom stereocenters. The zero-order valence-electron chi connectivity index (χ0n) is 17.7. The number of benzene rings is 2. The highest BCUT2D eigenvalue weighted by atomic mass is 32.2. The molecule has 0 aliphatic carbocycles. The van der Waals surface area contributed by atoms with Crippen molar-refractivity contribution in [3.8, 4) is 11.1 Å². The standard InChI is InChI=1S/C22H28N2O5S/c1-5-29-21(26)14-15-24(16-25)18-12-10-17(11-13-18)19-8-6-7-9-20(19)30(27,28)23-22(2,3)4/h6-13,16,23H,5,14-15H2,1-4H3. The molecule has 0 atom stereocenters. The van der Waals surface area contributed by atoms with Crippen molar-refractivity contribution in [1.29, 1.82) is 0 Å². The lowest BCUT2D eigenvalue weighted by Crippen LogP contribution is -2.40. The van der Waals surface area contributed by atoms with Gasteiger partial charge in [-0.05, 0) is 51.5 Å². The van der Waals surface area contributed by atoms with Crippen molar-refractivity contribution in [1.82, 2.24) is 4.72 Å².